The smallest absolute Gasteiger partial charge is 0.266 e. The van der Waals surface area contributed by atoms with Gasteiger partial charge in [0.05, 0.1) is 109 Å². The number of hydrogen-bond donors (Lipinski definition) is 0. The van der Waals surface area contributed by atoms with Crippen molar-refractivity contribution < 1.29 is 47.9 Å². The van der Waals surface area contributed by atoms with Crippen molar-refractivity contribution in [3.63, 3.8) is 0 Å². The van der Waals surface area contributed by atoms with Gasteiger partial charge in [-0.2, -0.15) is 0 Å². The number of carbonyl (C=O) groups excluding carboxylic acids is 10. The summed E-state index contributed by atoms with van der Waals surface area (Å²) in [5, 5.41) is 2.15. The molecular weight excluding hydrogens is 1880 g/mol. The molecule has 0 spiro atoms. The van der Waals surface area contributed by atoms with E-state index < -0.39 is 35.4 Å². The molecule has 0 radical (unpaired) electrons. The molecule has 0 saturated carbocycles. The van der Waals surface area contributed by atoms with E-state index in [2.05, 4.69) is 29.9 Å². The zero-order chi connectivity index (χ0) is 88.0. The lowest BCUT2D eigenvalue weighted by Crippen LogP contribution is -2.33. The van der Waals surface area contributed by atoms with E-state index in [1.54, 1.807) is 58.9 Å². The summed E-state index contributed by atoms with van der Waals surface area (Å²) in [5.74, 6) is -4.43. The second-order valence-corrected chi connectivity index (χ2v) is 30.0. The molecule has 0 atom stereocenters. The fourth-order valence-electron chi connectivity index (χ4n) is 11.4. The number of anilines is 5. The standard InChI is InChI=1S/C14H11Cl3N2O2.C14H7Cl3N2O2.C13H9Cl3N2O2.2C10H5Cl3N2O2.C8H8Cl3N.4C2H6/c2*1-6-9(15)11(10(16)12(17)18-6)19-13(20)7-4-2-3-5-8(7)14(19)21;1-5-8(14)10(9(15)11(16)17-5)18-12(19)6-3-2-4-7(6)13(18)20;2*1-4-7(11)9(8(12)10(13)14-4)15-5(16)2-3-6(15)17;1-3-5-6(9)4(2)12-8(11)7(5)10;4*1-2/h2-5H2,1H3;2-5H,1H3;2-4H2,1H3;2*2-3H,1H3;3H2,1-2H3;4*1-2H3. The van der Waals surface area contributed by atoms with Gasteiger partial charge >= 0.3 is 0 Å². The Balaban J connectivity index is 0.000000245. The third-order valence-corrected chi connectivity index (χ3v) is 23.8. The summed E-state index contributed by atoms with van der Waals surface area (Å²) >= 11 is 108. The molecule has 2 aliphatic carbocycles. The molecule has 0 bridgehead atoms. The third kappa shape index (κ3) is 21.1. The minimum Gasteiger partial charge on any atom is -0.269 e. The minimum atomic E-state index is -0.513. The van der Waals surface area contributed by atoms with E-state index in [0.717, 1.165) is 85.7 Å². The number of nitrogens with zero attached hydrogens (tertiary/aromatic N) is 11. The van der Waals surface area contributed by atoms with Crippen molar-refractivity contribution in [1.82, 2.24) is 29.9 Å². The van der Waals surface area contributed by atoms with Crippen molar-refractivity contribution in [2.45, 2.75) is 155 Å². The van der Waals surface area contributed by atoms with Gasteiger partial charge in [0.15, 0.2) is 0 Å². The van der Waals surface area contributed by atoms with Crippen LogP contribution in [0.15, 0.2) is 70.9 Å². The Labute approximate surface area is 759 Å². The van der Waals surface area contributed by atoms with E-state index in [1.165, 1.54) is 0 Å². The molecule has 10 amide bonds. The van der Waals surface area contributed by atoms with Crippen LogP contribution >= 0.6 is 209 Å². The molecule has 0 N–H and O–H groups in total. The number of halogens is 18. The van der Waals surface area contributed by atoms with Gasteiger partial charge in [0.25, 0.3) is 59.1 Å². The Morgan fingerprint density at radius 3 is 0.698 bits per heavy atom. The van der Waals surface area contributed by atoms with Crippen LogP contribution in [-0.4, -0.2) is 89.0 Å². The monoisotopic (exact) mass is 1940 g/mol. The predicted octanol–water partition coefficient (Wildman–Crippen LogP) is 25.5. The van der Waals surface area contributed by atoms with Gasteiger partial charge in [-0.1, -0.05) is 283 Å². The zero-order valence-corrected chi connectivity index (χ0v) is 77.7. The first kappa shape index (κ1) is 101. The molecule has 5 aliphatic heterocycles. The molecule has 11 heterocycles. The second-order valence-electron chi connectivity index (χ2n) is 23.3. The number of hydrogen-bond acceptors (Lipinski definition) is 16. The molecule has 7 aromatic rings. The van der Waals surface area contributed by atoms with Crippen LogP contribution in [0, 0.1) is 41.5 Å². The lowest BCUT2D eigenvalue weighted by molar-refractivity contribution is -0.122. The zero-order valence-electron chi connectivity index (χ0n) is 64.1. The van der Waals surface area contributed by atoms with E-state index in [1.807, 2.05) is 69.2 Å². The van der Waals surface area contributed by atoms with Crippen molar-refractivity contribution in [2.75, 3.05) is 24.5 Å². The van der Waals surface area contributed by atoms with Crippen LogP contribution in [0.25, 0.3) is 0 Å². The Bertz CT molecular complexity index is 4920. The van der Waals surface area contributed by atoms with Crippen LogP contribution in [0.5, 0.6) is 0 Å². The Morgan fingerprint density at radius 1 is 0.267 bits per heavy atom. The first-order chi connectivity index (χ1) is 54.7. The molecule has 39 heteroatoms. The summed E-state index contributed by atoms with van der Waals surface area (Å²) < 4.78 is 0. The largest absolute Gasteiger partial charge is 0.269 e. The SMILES string of the molecule is CC.CC.CC.CC.CCc1c(Cl)c(C)nc(Cl)c1Cl.Cc1nc(Cl)c(Cl)c(N2C(=O)C3=C(CCC3)C2=O)c1Cl.Cc1nc(Cl)c(Cl)c(N2C(=O)C3=C(CCCC3)C2=O)c1Cl.Cc1nc(Cl)c(Cl)c(N2C(=O)C=CC2=O)c1Cl.Cc1nc(Cl)c(Cl)c(N2C(=O)C=CC2=O)c1Cl.Cc1nc(Cl)c(Cl)c(N2C(=O)c3ccccc3C2=O)c1Cl. The maximum Gasteiger partial charge on any atom is 0.266 e. The number of pyridine rings is 6. The van der Waals surface area contributed by atoms with E-state index >= 15 is 0 Å². The molecule has 21 nitrogen and oxygen atoms in total. The fourth-order valence-corrected chi connectivity index (χ4v) is 15.8. The highest BCUT2D eigenvalue weighted by Crippen LogP contribution is 2.49. The van der Waals surface area contributed by atoms with Crippen LogP contribution in [-0.2, 0) is 44.8 Å². The third-order valence-electron chi connectivity index (χ3n) is 16.6. The molecule has 7 aliphatic rings. The van der Waals surface area contributed by atoms with E-state index in [4.69, 9.17) is 209 Å². The van der Waals surface area contributed by atoms with Crippen LogP contribution in [0.4, 0.5) is 28.4 Å². The highest BCUT2D eigenvalue weighted by atomic mass is 35.5. The first-order valence-corrected chi connectivity index (χ1v) is 41.9. The van der Waals surface area contributed by atoms with Gasteiger partial charge in [-0.25, -0.2) is 54.4 Å². The molecule has 116 heavy (non-hydrogen) atoms. The normalized spacial score (nSPS) is 14.7. The maximum atomic E-state index is 12.5. The molecule has 1 aromatic carbocycles. The van der Waals surface area contributed by atoms with E-state index in [9.17, 15) is 47.9 Å². The average molecular weight is 1950 g/mol. The molecule has 618 valence electrons. The summed E-state index contributed by atoms with van der Waals surface area (Å²) in [6.45, 7) is 27.9. The number of aryl methyl sites for hydroxylation is 6. The van der Waals surface area contributed by atoms with Crippen LogP contribution in [0.2, 0.25) is 91.2 Å². The molecule has 14 rings (SSSR count). The number of aromatic nitrogens is 6. The molecule has 0 unspecified atom stereocenters. The molecule has 0 saturated heterocycles. The lowest BCUT2D eigenvalue weighted by Gasteiger charge is -2.20. The number of fused-ring (bicyclic) bond motifs is 1. The summed E-state index contributed by atoms with van der Waals surface area (Å²) in [7, 11) is 0. The number of carbonyl (C=O) groups is 10. The van der Waals surface area contributed by atoms with Crippen molar-refractivity contribution in [3.05, 3.63) is 213 Å². The maximum absolute atomic E-state index is 12.5. The summed E-state index contributed by atoms with van der Waals surface area (Å²) in [6.07, 6.45) is 10.4. The lowest BCUT2D eigenvalue weighted by atomic mass is 9.93. The molecular formula is C77H69Cl18N11O10. The van der Waals surface area contributed by atoms with Gasteiger partial charge in [0, 0.05) is 46.6 Å². The van der Waals surface area contributed by atoms with Gasteiger partial charge in [0.2, 0.25) is 0 Å². The predicted molar refractivity (Wildman–Crippen MR) is 471 cm³/mol. The van der Waals surface area contributed by atoms with Gasteiger partial charge in [-0.15, -0.1) is 0 Å². The molecule has 6 aromatic heterocycles. The van der Waals surface area contributed by atoms with Crippen molar-refractivity contribution in [3.8, 4) is 0 Å². The van der Waals surface area contributed by atoms with Crippen LogP contribution in [0.1, 0.15) is 168 Å². The van der Waals surface area contributed by atoms with Gasteiger partial charge in [0.1, 0.15) is 56.0 Å². The van der Waals surface area contributed by atoms with E-state index in [-0.39, 0.29) is 128 Å². The number of amides is 10. The number of rotatable bonds is 6. The highest BCUT2D eigenvalue weighted by Gasteiger charge is 2.45. The second kappa shape index (κ2) is 44.5. The van der Waals surface area contributed by atoms with Gasteiger partial charge in [-0.05, 0) is 111 Å². The van der Waals surface area contributed by atoms with Crippen LogP contribution < -0.4 is 24.5 Å². The number of benzene rings is 1. The van der Waals surface area contributed by atoms with Crippen molar-refractivity contribution >= 4 is 296 Å². The topological polar surface area (TPSA) is 264 Å². The summed E-state index contributed by atoms with van der Waals surface area (Å²) in [4.78, 5) is 149. The Hall–Kier alpha value is -6.00. The van der Waals surface area contributed by atoms with E-state index in [0.29, 0.717) is 103 Å². The quantitative estimate of drug-likeness (QED) is 0.111. The highest BCUT2D eigenvalue weighted by molar-refractivity contribution is 6.53. The van der Waals surface area contributed by atoms with Gasteiger partial charge in [-0.3, -0.25) is 47.9 Å². The first-order valence-electron chi connectivity index (χ1n) is 35.1. The average Bonchev–Trinajstić information content (AvgIpc) is 1.64. The summed E-state index contributed by atoms with van der Waals surface area (Å²) in [6, 6.07) is 6.52. The Morgan fingerprint density at radius 2 is 0.466 bits per heavy atom. The summed E-state index contributed by atoms with van der Waals surface area (Å²) in [5.41, 5.74) is 6.99. The van der Waals surface area contributed by atoms with Gasteiger partial charge < -0.3 is 0 Å². The number of imide groups is 5. The van der Waals surface area contributed by atoms with Crippen molar-refractivity contribution in [1.29, 1.82) is 0 Å². The fraction of sp³-hybridized carbons (Fsp3) is 0.299. The molecule has 0 fully saturated rings. The Kier molecular flexibility index (Phi) is 38.6. The van der Waals surface area contributed by atoms with Crippen LogP contribution in [0.3, 0.4) is 0 Å². The van der Waals surface area contributed by atoms with Crippen molar-refractivity contribution in [2.24, 2.45) is 0 Å². The minimum absolute atomic E-state index is 0.00364.